The smallest absolute Gasteiger partial charge is 0.251 e. The SMILES string of the molecule is CSCCC(NC(=O)CC(NC(=O)c1ccccc1)c1ccccc1)c1nc2ccccc2[nH]1. The fourth-order valence-electron chi connectivity index (χ4n) is 3.86. The Morgan fingerprint density at radius 1 is 0.882 bits per heavy atom. The maximum atomic E-state index is 13.2. The number of carbonyl (C=O) groups is 2. The van der Waals surface area contributed by atoms with Crippen LogP contribution in [0.25, 0.3) is 11.0 Å². The number of nitrogens with one attached hydrogen (secondary N) is 3. The number of fused-ring (bicyclic) bond motifs is 1. The molecule has 3 aromatic carbocycles. The van der Waals surface area contributed by atoms with Crippen LogP contribution in [0.15, 0.2) is 84.9 Å². The van der Waals surface area contributed by atoms with E-state index in [2.05, 4.69) is 15.6 Å². The van der Waals surface area contributed by atoms with Crippen LogP contribution in [-0.4, -0.2) is 33.8 Å². The first-order valence-corrected chi connectivity index (χ1v) is 12.7. The number of aromatic amines is 1. The molecule has 2 atom stereocenters. The van der Waals surface area contributed by atoms with Crippen molar-refractivity contribution in [2.45, 2.75) is 24.9 Å². The maximum absolute atomic E-state index is 13.2. The number of imidazole rings is 1. The van der Waals surface area contributed by atoms with Gasteiger partial charge in [-0.3, -0.25) is 9.59 Å². The van der Waals surface area contributed by atoms with Crippen LogP contribution >= 0.6 is 11.8 Å². The molecule has 3 N–H and O–H groups in total. The summed E-state index contributed by atoms with van der Waals surface area (Å²) in [5.41, 5.74) is 3.26. The number of rotatable bonds is 10. The molecule has 0 bridgehead atoms. The highest BCUT2D eigenvalue weighted by atomic mass is 32.2. The average Bonchev–Trinajstić information content (AvgIpc) is 3.31. The predicted octanol–water partition coefficient (Wildman–Crippen LogP) is 5.03. The van der Waals surface area contributed by atoms with E-state index in [4.69, 9.17) is 4.98 Å². The molecule has 174 valence electrons. The molecule has 7 heteroatoms. The largest absolute Gasteiger partial charge is 0.346 e. The lowest BCUT2D eigenvalue weighted by atomic mass is 10.0. The van der Waals surface area contributed by atoms with E-state index in [0.29, 0.717) is 5.56 Å². The highest BCUT2D eigenvalue weighted by Crippen LogP contribution is 2.22. The predicted molar refractivity (Wildman–Crippen MR) is 138 cm³/mol. The zero-order chi connectivity index (χ0) is 23.8. The molecule has 0 radical (unpaired) electrons. The van der Waals surface area contributed by atoms with E-state index in [1.807, 2.05) is 79.1 Å². The molecule has 6 nitrogen and oxygen atoms in total. The number of carbonyl (C=O) groups excluding carboxylic acids is 2. The molecule has 4 rings (SSSR count). The topological polar surface area (TPSA) is 86.9 Å². The summed E-state index contributed by atoms with van der Waals surface area (Å²) in [6.07, 6.45) is 2.92. The number of benzene rings is 3. The van der Waals surface area contributed by atoms with Crippen molar-refractivity contribution >= 4 is 34.6 Å². The van der Waals surface area contributed by atoms with Crippen molar-refractivity contribution < 1.29 is 9.59 Å². The van der Waals surface area contributed by atoms with Crippen LogP contribution in [0.5, 0.6) is 0 Å². The second-order valence-electron chi connectivity index (χ2n) is 8.05. The summed E-state index contributed by atoms with van der Waals surface area (Å²) in [4.78, 5) is 34.1. The van der Waals surface area contributed by atoms with Gasteiger partial charge in [-0.1, -0.05) is 60.7 Å². The number of amides is 2. The number of hydrogen-bond donors (Lipinski definition) is 3. The van der Waals surface area contributed by atoms with Gasteiger partial charge in [0.2, 0.25) is 5.91 Å². The summed E-state index contributed by atoms with van der Waals surface area (Å²) in [6, 6.07) is 25.8. The van der Waals surface area contributed by atoms with Gasteiger partial charge in [-0.15, -0.1) is 0 Å². The first-order chi connectivity index (χ1) is 16.6. The molecular weight excluding hydrogens is 444 g/mol. The maximum Gasteiger partial charge on any atom is 0.251 e. The van der Waals surface area contributed by atoms with Crippen molar-refractivity contribution in [1.82, 2.24) is 20.6 Å². The normalized spacial score (nSPS) is 12.7. The Kier molecular flexibility index (Phi) is 7.99. The van der Waals surface area contributed by atoms with Crippen LogP contribution in [0.4, 0.5) is 0 Å². The molecule has 0 aliphatic rings. The second-order valence-corrected chi connectivity index (χ2v) is 9.03. The van der Waals surface area contributed by atoms with Gasteiger partial charge in [0.25, 0.3) is 5.91 Å². The van der Waals surface area contributed by atoms with Crippen molar-refractivity contribution in [2.75, 3.05) is 12.0 Å². The van der Waals surface area contributed by atoms with Gasteiger partial charge in [0.1, 0.15) is 5.82 Å². The van der Waals surface area contributed by atoms with Gasteiger partial charge >= 0.3 is 0 Å². The van der Waals surface area contributed by atoms with E-state index >= 15 is 0 Å². The number of para-hydroxylation sites is 2. The van der Waals surface area contributed by atoms with Crippen molar-refractivity contribution in [3.63, 3.8) is 0 Å². The number of aromatic nitrogens is 2. The van der Waals surface area contributed by atoms with E-state index < -0.39 is 6.04 Å². The van der Waals surface area contributed by atoms with Gasteiger partial charge < -0.3 is 15.6 Å². The molecule has 0 spiro atoms. The van der Waals surface area contributed by atoms with E-state index in [-0.39, 0.29) is 24.3 Å². The van der Waals surface area contributed by atoms with Gasteiger partial charge in [-0.25, -0.2) is 4.98 Å². The number of H-pyrrole nitrogens is 1. The molecule has 0 aliphatic carbocycles. The third kappa shape index (κ3) is 6.05. The Morgan fingerprint density at radius 3 is 2.26 bits per heavy atom. The Hall–Kier alpha value is -3.58. The molecule has 34 heavy (non-hydrogen) atoms. The third-order valence-corrected chi connectivity index (χ3v) is 6.26. The lowest BCUT2D eigenvalue weighted by Crippen LogP contribution is -2.35. The van der Waals surface area contributed by atoms with Gasteiger partial charge in [0.05, 0.1) is 29.5 Å². The molecule has 4 aromatic rings. The molecule has 2 unspecified atom stereocenters. The Morgan fingerprint density at radius 2 is 1.56 bits per heavy atom. The summed E-state index contributed by atoms with van der Waals surface area (Å²) in [7, 11) is 0. The first-order valence-electron chi connectivity index (χ1n) is 11.3. The molecule has 0 saturated carbocycles. The molecule has 1 heterocycles. The lowest BCUT2D eigenvalue weighted by molar-refractivity contribution is -0.122. The van der Waals surface area contributed by atoms with Crippen molar-refractivity contribution in [3.05, 3.63) is 102 Å². The minimum Gasteiger partial charge on any atom is -0.346 e. The minimum absolute atomic E-state index is 0.124. The number of nitrogens with zero attached hydrogens (tertiary/aromatic N) is 1. The van der Waals surface area contributed by atoms with Crippen LogP contribution in [-0.2, 0) is 4.79 Å². The highest BCUT2D eigenvalue weighted by Gasteiger charge is 2.23. The van der Waals surface area contributed by atoms with Crippen molar-refractivity contribution in [3.8, 4) is 0 Å². The van der Waals surface area contributed by atoms with E-state index in [1.54, 1.807) is 23.9 Å². The third-order valence-electron chi connectivity index (χ3n) is 5.62. The first kappa shape index (κ1) is 23.6. The lowest BCUT2D eigenvalue weighted by Gasteiger charge is -2.21. The summed E-state index contributed by atoms with van der Waals surface area (Å²) < 4.78 is 0. The van der Waals surface area contributed by atoms with Crippen molar-refractivity contribution in [1.29, 1.82) is 0 Å². The zero-order valence-corrected chi connectivity index (χ0v) is 19.8. The quantitative estimate of drug-likeness (QED) is 0.302. The average molecular weight is 473 g/mol. The Bertz CT molecular complexity index is 1190. The summed E-state index contributed by atoms with van der Waals surface area (Å²) in [5, 5.41) is 6.18. The monoisotopic (exact) mass is 472 g/mol. The fraction of sp³-hybridized carbons (Fsp3) is 0.222. The summed E-state index contributed by atoms with van der Waals surface area (Å²) >= 11 is 1.73. The Balaban J connectivity index is 1.51. The molecular formula is C27H28N4O2S. The van der Waals surface area contributed by atoms with Crippen LogP contribution < -0.4 is 10.6 Å². The molecule has 0 fully saturated rings. The van der Waals surface area contributed by atoms with Crippen LogP contribution in [0.3, 0.4) is 0 Å². The fourth-order valence-corrected chi connectivity index (χ4v) is 4.33. The van der Waals surface area contributed by atoms with Gasteiger partial charge in [0.15, 0.2) is 0 Å². The van der Waals surface area contributed by atoms with Gasteiger partial charge in [-0.2, -0.15) is 11.8 Å². The summed E-state index contributed by atoms with van der Waals surface area (Å²) in [6.45, 7) is 0. The standard InChI is InChI=1S/C27H28N4O2S/c1-34-17-16-23(26-29-21-14-8-9-15-22(21)30-26)28-25(32)18-24(19-10-4-2-5-11-19)31-27(33)20-12-6-3-7-13-20/h2-15,23-24H,16-18H2,1H3,(H,28,32)(H,29,30)(H,31,33). The van der Waals surface area contributed by atoms with E-state index in [0.717, 1.165) is 34.6 Å². The van der Waals surface area contributed by atoms with Crippen LogP contribution in [0.1, 0.15) is 46.7 Å². The van der Waals surface area contributed by atoms with Gasteiger partial charge in [0, 0.05) is 5.56 Å². The van der Waals surface area contributed by atoms with Crippen LogP contribution in [0, 0.1) is 0 Å². The molecule has 0 aliphatic heterocycles. The molecule has 0 saturated heterocycles. The zero-order valence-electron chi connectivity index (χ0n) is 19.0. The van der Waals surface area contributed by atoms with Crippen molar-refractivity contribution in [2.24, 2.45) is 0 Å². The Labute approximate surface area is 203 Å². The highest BCUT2D eigenvalue weighted by molar-refractivity contribution is 7.98. The second kappa shape index (κ2) is 11.5. The van der Waals surface area contributed by atoms with Crippen LogP contribution in [0.2, 0.25) is 0 Å². The minimum atomic E-state index is -0.453. The number of thioether (sulfide) groups is 1. The van der Waals surface area contributed by atoms with E-state index in [9.17, 15) is 9.59 Å². The number of hydrogen-bond acceptors (Lipinski definition) is 4. The molecule has 1 aromatic heterocycles. The van der Waals surface area contributed by atoms with Gasteiger partial charge in [-0.05, 0) is 48.3 Å². The molecule has 2 amide bonds. The summed E-state index contributed by atoms with van der Waals surface area (Å²) in [5.74, 6) is 1.27. The van der Waals surface area contributed by atoms with E-state index in [1.165, 1.54) is 0 Å².